The maximum Gasteiger partial charge on any atom is 0.227 e. The molecule has 140 valence electrons. The molecule has 1 fully saturated rings. The van der Waals surface area contributed by atoms with E-state index in [9.17, 15) is 4.79 Å². The van der Waals surface area contributed by atoms with Crippen molar-refractivity contribution in [2.45, 2.75) is 33.7 Å². The molecular formula is C19H26N4O3. The van der Waals surface area contributed by atoms with Gasteiger partial charge in [-0.15, -0.1) is 0 Å². The Balaban J connectivity index is 1.48. The number of piperazine rings is 1. The molecule has 0 aromatic carbocycles. The Labute approximate surface area is 153 Å². The zero-order chi connectivity index (χ0) is 18.5. The van der Waals surface area contributed by atoms with Gasteiger partial charge in [0.05, 0.1) is 18.7 Å². The van der Waals surface area contributed by atoms with E-state index in [0.717, 1.165) is 55.3 Å². The van der Waals surface area contributed by atoms with Crippen LogP contribution in [0.4, 0.5) is 0 Å². The molecule has 3 heterocycles. The molecule has 0 saturated carbocycles. The van der Waals surface area contributed by atoms with E-state index in [1.54, 1.807) is 0 Å². The van der Waals surface area contributed by atoms with Crippen LogP contribution >= 0.6 is 0 Å². The first-order valence-electron chi connectivity index (χ1n) is 9.06. The summed E-state index contributed by atoms with van der Waals surface area (Å²) in [6, 6.07) is 3.95. The Kier molecular flexibility index (Phi) is 5.88. The molecule has 0 bridgehead atoms. The molecule has 7 heteroatoms. The van der Waals surface area contributed by atoms with Gasteiger partial charge < -0.3 is 14.2 Å². The molecule has 0 aliphatic carbocycles. The summed E-state index contributed by atoms with van der Waals surface area (Å²) in [5.41, 5.74) is 2.87. The minimum Gasteiger partial charge on any atom is -0.478 e. The van der Waals surface area contributed by atoms with Gasteiger partial charge in [-0.1, -0.05) is 11.2 Å². The molecule has 1 aliphatic heterocycles. The van der Waals surface area contributed by atoms with Crippen LogP contribution in [0.2, 0.25) is 0 Å². The van der Waals surface area contributed by atoms with Gasteiger partial charge in [0.15, 0.2) is 0 Å². The molecule has 2 aromatic rings. The topological polar surface area (TPSA) is 71.7 Å². The summed E-state index contributed by atoms with van der Waals surface area (Å²) in [5, 5.41) is 3.92. The van der Waals surface area contributed by atoms with Gasteiger partial charge in [-0.25, -0.2) is 4.98 Å². The third kappa shape index (κ3) is 4.40. The van der Waals surface area contributed by atoms with Crippen LogP contribution in [0, 0.1) is 13.8 Å². The minimum atomic E-state index is 0.141. The molecule has 1 saturated heterocycles. The highest BCUT2D eigenvalue weighted by atomic mass is 16.5. The third-order valence-corrected chi connectivity index (χ3v) is 4.73. The Morgan fingerprint density at radius 3 is 2.58 bits per heavy atom. The van der Waals surface area contributed by atoms with Gasteiger partial charge in [-0.05, 0) is 26.3 Å². The second-order valence-electron chi connectivity index (χ2n) is 6.57. The van der Waals surface area contributed by atoms with Crippen LogP contribution in [0.5, 0.6) is 5.88 Å². The van der Waals surface area contributed by atoms with Crippen molar-refractivity contribution < 1.29 is 14.1 Å². The zero-order valence-corrected chi connectivity index (χ0v) is 15.7. The Hall–Kier alpha value is -2.41. The van der Waals surface area contributed by atoms with Gasteiger partial charge in [-0.2, -0.15) is 0 Å². The van der Waals surface area contributed by atoms with Crippen LogP contribution in [0.1, 0.15) is 29.5 Å². The molecule has 0 unspecified atom stereocenters. The molecule has 26 heavy (non-hydrogen) atoms. The molecule has 0 atom stereocenters. The van der Waals surface area contributed by atoms with Crippen molar-refractivity contribution in [1.82, 2.24) is 19.9 Å². The van der Waals surface area contributed by atoms with Crippen molar-refractivity contribution in [1.29, 1.82) is 0 Å². The quantitative estimate of drug-likeness (QED) is 0.786. The van der Waals surface area contributed by atoms with Crippen molar-refractivity contribution in [3.63, 3.8) is 0 Å². The SMILES string of the molecule is CCOc1ccc(CN2CCN(C(=O)Cc3c(C)noc3C)CC2)cn1. The van der Waals surface area contributed by atoms with Crippen LogP contribution in [0.25, 0.3) is 0 Å². The van der Waals surface area contributed by atoms with Crippen LogP contribution in [-0.4, -0.2) is 58.6 Å². The smallest absolute Gasteiger partial charge is 0.227 e. The van der Waals surface area contributed by atoms with Crippen LogP contribution in [-0.2, 0) is 17.8 Å². The van der Waals surface area contributed by atoms with Gasteiger partial charge in [0.1, 0.15) is 5.76 Å². The molecule has 1 amide bonds. The Morgan fingerprint density at radius 1 is 1.23 bits per heavy atom. The standard InChI is InChI=1S/C19H26N4O3/c1-4-25-18-6-5-16(12-20-18)13-22-7-9-23(10-8-22)19(24)11-17-14(2)21-26-15(17)3/h5-6,12H,4,7-11,13H2,1-3H3. The number of rotatable bonds is 6. The molecule has 0 radical (unpaired) electrons. The second kappa shape index (κ2) is 8.31. The zero-order valence-electron chi connectivity index (χ0n) is 15.7. The highest BCUT2D eigenvalue weighted by molar-refractivity contribution is 5.79. The number of aromatic nitrogens is 2. The highest BCUT2D eigenvalue weighted by Gasteiger charge is 2.23. The van der Waals surface area contributed by atoms with Crippen molar-refractivity contribution in [3.8, 4) is 5.88 Å². The monoisotopic (exact) mass is 358 g/mol. The number of nitrogens with zero attached hydrogens (tertiary/aromatic N) is 4. The largest absolute Gasteiger partial charge is 0.478 e. The van der Waals surface area contributed by atoms with Crippen molar-refractivity contribution in [3.05, 3.63) is 40.9 Å². The second-order valence-corrected chi connectivity index (χ2v) is 6.57. The van der Waals surface area contributed by atoms with Gasteiger partial charge in [0.2, 0.25) is 11.8 Å². The summed E-state index contributed by atoms with van der Waals surface area (Å²) in [7, 11) is 0. The van der Waals surface area contributed by atoms with E-state index < -0.39 is 0 Å². The molecular weight excluding hydrogens is 332 g/mol. The van der Waals surface area contributed by atoms with E-state index in [1.165, 1.54) is 0 Å². The summed E-state index contributed by atoms with van der Waals surface area (Å²) in [6.07, 6.45) is 2.23. The lowest BCUT2D eigenvalue weighted by Gasteiger charge is -2.34. The molecule has 0 spiro atoms. The summed E-state index contributed by atoms with van der Waals surface area (Å²) in [6.45, 7) is 10.3. The fourth-order valence-corrected chi connectivity index (χ4v) is 3.17. The summed E-state index contributed by atoms with van der Waals surface area (Å²) in [4.78, 5) is 21.1. The lowest BCUT2D eigenvalue weighted by molar-refractivity contribution is -0.132. The fourth-order valence-electron chi connectivity index (χ4n) is 3.17. The van der Waals surface area contributed by atoms with Crippen LogP contribution in [0.15, 0.2) is 22.9 Å². The van der Waals surface area contributed by atoms with E-state index >= 15 is 0 Å². The average Bonchev–Trinajstić information content (AvgIpc) is 2.96. The molecule has 0 N–H and O–H groups in total. The summed E-state index contributed by atoms with van der Waals surface area (Å²) in [5.74, 6) is 1.53. The molecule has 3 rings (SSSR count). The van der Waals surface area contributed by atoms with E-state index in [1.807, 2.05) is 44.0 Å². The van der Waals surface area contributed by atoms with Crippen molar-refractivity contribution >= 4 is 5.91 Å². The normalized spacial score (nSPS) is 15.3. The first-order chi connectivity index (χ1) is 12.6. The Morgan fingerprint density at radius 2 is 2.00 bits per heavy atom. The molecule has 7 nitrogen and oxygen atoms in total. The van der Waals surface area contributed by atoms with Gasteiger partial charge in [-0.3, -0.25) is 9.69 Å². The maximum atomic E-state index is 12.5. The minimum absolute atomic E-state index is 0.141. The molecule has 1 aliphatic rings. The number of carbonyl (C=O) groups excluding carboxylic acids is 1. The number of ether oxygens (including phenoxy) is 1. The Bertz CT molecular complexity index is 714. The molecule has 2 aromatic heterocycles. The number of aryl methyl sites for hydroxylation is 2. The summed E-state index contributed by atoms with van der Waals surface area (Å²) >= 11 is 0. The predicted molar refractivity (Wildman–Crippen MR) is 96.9 cm³/mol. The van der Waals surface area contributed by atoms with E-state index in [0.29, 0.717) is 18.9 Å². The predicted octanol–water partition coefficient (Wildman–Crippen LogP) is 1.97. The number of hydrogen-bond donors (Lipinski definition) is 0. The van der Waals surface area contributed by atoms with Gasteiger partial charge in [0.25, 0.3) is 0 Å². The highest BCUT2D eigenvalue weighted by Crippen LogP contribution is 2.16. The maximum absolute atomic E-state index is 12.5. The lowest BCUT2D eigenvalue weighted by atomic mass is 10.1. The van der Waals surface area contributed by atoms with Crippen molar-refractivity contribution in [2.24, 2.45) is 0 Å². The van der Waals surface area contributed by atoms with Gasteiger partial charge in [0, 0.05) is 50.6 Å². The number of carbonyl (C=O) groups is 1. The van der Waals surface area contributed by atoms with E-state index in [4.69, 9.17) is 9.26 Å². The first kappa shape index (κ1) is 18.4. The average molecular weight is 358 g/mol. The summed E-state index contributed by atoms with van der Waals surface area (Å²) < 4.78 is 10.5. The number of pyridine rings is 1. The number of hydrogen-bond acceptors (Lipinski definition) is 6. The van der Waals surface area contributed by atoms with E-state index in [2.05, 4.69) is 15.0 Å². The first-order valence-corrected chi connectivity index (χ1v) is 9.06. The number of amides is 1. The lowest BCUT2D eigenvalue weighted by Crippen LogP contribution is -2.48. The fraction of sp³-hybridized carbons (Fsp3) is 0.526. The van der Waals surface area contributed by atoms with Gasteiger partial charge >= 0.3 is 0 Å². The van der Waals surface area contributed by atoms with Crippen LogP contribution in [0.3, 0.4) is 0 Å². The third-order valence-electron chi connectivity index (χ3n) is 4.73. The van der Waals surface area contributed by atoms with Crippen LogP contribution < -0.4 is 4.74 Å². The van der Waals surface area contributed by atoms with Crippen molar-refractivity contribution in [2.75, 3.05) is 32.8 Å². The van der Waals surface area contributed by atoms with E-state index in [-0.39, 0.29) is 5.91 Å².